The van der Waals surface area contributed by atoms with Gasteiger partial charge in [-0.1, -0.05) is 323 Å². The quantitative estimate of drug-likeness (QED) is 0.0261. The molecule has 0 saturated carbocycles. The van der Waals surface area contributed by atoms with Crippen LogP contribution in [0.4, 0.5) is 0 Å². The molecule has 0 fully saturated rings. The molecule has 1 atom stereocenters. The summed E-state index contributed by atoms with van der Waals surface area (Å²) in [6.07, 6.45) is 92.8. The number of allylic oxidation sites excluding steroid dienone is 16. The van der Waals surface area contributed by atoms with Crippen LogP contribution in [-0.4, -0.2) is 37.2 Å². The van der Waals surface area contributed by atoms with E-state index in [1.54, 1.807) is 0 Å². The molecule has 0 spiro atoms. The number of unbranched alkanes of at least 4 members (excludes halogenated alkanes) is 36. The van der Waals surface area contributed by atoms with Crippen molar-refractivity contribution >= 4 is 17.9 Å². The molecule has 6 heteroatoms. The standard InChI is InChI=1S/C75H130O6/c1-4-7-10-13-16-19-22-25-28-30-32-33-34-35-36-37-38-39-40-41-42-43-44-46-47-50-53-56-59-62-65-68-74(77)80-71-72(70-79-73(76)67-64-61-58-55-52-49-27-24-21-18-15-12-9-6-3)81-75(78)69-66-63-60-57-54-51-48-45-31-29-26-23-20-17-14-11-8-5-2/h7,10,15-16,18-19,24-25,27-28,32-33,35-36,38-39,72H,4-6,8-9,11-14,17,20-23,26,29-31,34,37,40-71H2,1-3H3/b10-7-,18-15-,19-16-,27-24-,28-25-,33-32-,36-35-,39-38-. The van der Waals surface area contributed by atoms with E-state index in [4.69, 9.17) is 14.2 Å². The molecule has 0 aromatic heterocycles. The molecule has 0 radical (unpaired) electrons. The van der Waals surface area contributed by atoms with Gasteiger partial charge in [-0.2, -0.15) is 0 Å². The van der Waals surface area contributed by atoms with Crippen molar-refractivity contribution in [3.8, 4) is 0 Å². The Balaban J connectivity index is 4.25. The number of carbonyl (C=O) groups is 3. The van der Waals surface area contributed by atoms with Gasteiger partial charge in [0.15, 0.2) is 6.10 Å². The molecule has 0 aliphatic heterocycles. The first kappa shape index (κ1) is 77.3. The Morgan fingerprint density at radius 3 is 0.790 bits per heavy atom. The molecule has 0 aromatic rings. The van der Waals surface area contributed by atoms with Crippen molar-refractivity contribution in [2.75, 3.05) is 13.2 Å². The Labute approximate surface area is 502 Å². The smallest absolute Gasteiger partial charge is 0.306 e. The molecule has 0 aliphatic carbocycles. The van der Waals surface area contributed by atoms with Crippen LogP contribution in [0.25, 0.3) is 0 Å². The third kappa shape index (κ3) is 67.0. The fourth-order valence-corrected chi connectivity index (χ4v) is 9.88. The summed E-state index contributed by atoms with van der Waals surface area (Å²) in [4.78, 5) is 38.4. The van der Waals surface area contributed by atoms with Gasteiger partial charge in [0.1, 0.15) is 13.2 Å². The highest BCUT2D eigenvalue weighted by Crippen LogP contribution is 2.17. The average molecular weight is 1130 g/mol. The second-order valence-electron chi connectivity index (χ2n) is 23.1. The summed E-state index contributed by atoms with van der Waals surface area (Å²) in [5, 5.41) is 0. The second-order valence-corrected chi connectivity index (χ2v) is 23.1. The summed E-state index contributed by atoms with van der Waals surface area (Å²) in [6.45, 7) is 6.52. The van der Waals surface area contributed by atoms with Gasteiger partial charge >= 0.3 is 17.9 Å². The third-order valence-electron chi connectivity index (χ3n) is 15.1. The first-order valence-corrected chi connectivity index (χ1v) is 34.7. The van der Waals surface area contributed by atoms with Gasteiger partial charge in [-0.05, 0) is 96.3 Å². The number of rotatable bonds is 63. The highest BCUT2D eigenvalue weighted by Gasteiger charge is 2.19. The summed E-state index contributed by atoms with van der Waals surface area (Å²) in [5.74, 6) is -0.878. The minimum atomic E-state index is -0.783. The molecule has 0 heterocycles. The van der Waals surface area contributed by atoms with Gasteiger partial charge in [0, 0.05) is 19.3 Å². The molecule has 0 aromatic carbocycles. The van der Waals surface area contributed by atoms with Gasteiger partial charge in [-0.25, -0.2) is 0 Å². The lowest BCUT2D eigenvalue weighted by molar-refractivity contribution is -0.167. The number of carbonyl (C=O) groups excluding carboxylic acids is 3. The van der Waals surface area contributed by atoms with Gasteiger partial charge in [0.05, 0.1) is 0 Å². The van der Waals surface area contributed by atoms with Crippen LogP contribution in [-0.2, 0) is 28.6 Å². The van der Waals surface area contributed by atoms with Crippen LogP contribution in [0.2, 0.25) is 0 Å². The van der Waals surface area contributed by atoms with Crippen LogP contribution in [0.15, 0.2) is 97.2 Å². The predicted molar refractivity (Wildman–Crippen MR) is 353 cm³/mol. The fraction of sp³-hybridized carbons (Fsp3) is 0.747. The molecule has 0 amide bonds. The molecule has 0 aliphatic rings. The molecule has 466 valence electrons. The van der Waals surface area contributed by atoms with Crippen molar-refractivity contribution in [3.05, 3.63) is 97.2 Å². The molecular formula is C75H130O6. The van der Waals surface area contributed by atoms with Crippen LogP contribution < -0.4 is 0 Å². The summed E-state index contributed by atoms with van der Waals surface area (Å²) in [6, 6.07) is 0. The Bertz CT molecular complexity index is 1580. The maximum Gasteiger partial charge on any atom is 0.306 e. The lowest BCUT2D eigenvalue weighted by atomic mass is 10.0. The number of ether oxygens (including phenoxy) is 3. The highest BCUT2D eigenvalue weighted by molar-refractivity contribution is 5.71. The summed E-state index contributed by atoms with van der Waals surface area (Å²) in [7, 11) is 0. The number of hydrogen-bond donors (Lipinski definition) is 0. The molecule has 6 nitrogen and oxygen atoms in total. The second kappa shape index (κ2) is 68.8. The molecule has 0 rings (SSSR count). The first-order chi connectivity index (χ1) is 40.0. The highest BCUT2D eigenvalue weighted by atomic mass is 16.6. The maximum atomic E-state index is 12.9. The van der Waals surface area contributed by atoms with E-state index in [2.05, 4.69) is 118 Å². The minimum Gasteiger partial charge on any atom is -0.462 e. The molecule has 0 bridgehead atoms. The van der Waals surface area contributed by atoms with Crippen molar-refractivity contribution < 1.29 is 28.6 Å². The van der Waals surface area contributed by atoms with Crippen LogP contribution in [0, 0.1) is 0 Å². The van der Waals surface area contributed by atoms with Gasteiger partial charge in [0.2, 0.25) is 0 Å². The molecule has 81 heavy (non-hydrogen) atoms. The van der Waals surface area contributed by atoms with E-state index in [0.717, 1.165) is 116 Å². The van der Waals surface area contributed by atoms with E-state index >= 15 is 0 Å². The molecule has 0 N–H and O–H groups in total. The van der Waals surface area contributed by atoms with Crippen LogP contribution in [0.3, 0.4) is 0 Å². The zero-order valence-corrected chi connectivity index (χ0v) is 53.5. The Hall–Kier alpha value is -3.67. The van der Waals surface area contributed by atoms with E-state index in [1.165, 1.54) is 186 Å². The molecule has 0 saturated heterocycles. The monoisotopic (exact) mass is 1130 g/mol. The Morgan fingerprint density at radius 2 is 0.494 bits per heavy atom. The van der Waals surface area contributed by atoms with Crippen molar-refractivity contribution in [1.29, 1.82) is 0 Å². The van der Waals surface area contributed by atoms with Crippen molar-refractivity contribution in [2.24, 2.45) is 0 Å². The zero-order valence-electron chi connectivity index (χ0n) is 53.5. The topological polar surface area (TPSA) is 78.9 Å². The minimum absolute atomic E-state index is 0.0793. The summed E-state index contributed by atoms with van der Waals surface area (Å²) in [5.41, 5.74) is 0. The van der Waals surface area contributed by atoms with E-state index in [9.17, 15) is 14.4 Å². The van der Waals surface area contributed by atoms with Gasteiger partial charge in [-0.3, -0.25) is 14.4 Å². The lowest BCUT2D eigenvalue weighted by Crippen LogP contribution is -2.30. The van der Waals surface area contributed by atoms with Crippen molar-refractivity contribution in [2.45, 2.75) is 348 Å². The zero-order chi connectivity index (χ0) is 58.5. The maximum absolute atomic E-state index is 12.9. The summed E-state index contributed by atoms with van der Waals surface area (Å²) < 4.78 is 17.0. The SMILES string of the molecule is CC/C=C\C/C=C\C/C=C\C/C=C\C/C=C\C/C=C\CCCCCCCCCCCCCCC(=O)OCC(COC(=O)CCCCCCC/C=C\C/C=C\CCCC)OC(=O)CCCCCCCCCCCCCCCCCCCC. The van der Waals surface area contributed by atoms with Gasteiger partial charge in [-0.15, -0.1) is 0 Å². The number of esters is 3. The predicted octanol–water partition coefficient (Wildman–Crippen LogP) is 24.0. The normalized spacial score (nSPS) is 12.7. The van der Waals surface area contributed by atoms with E-state index in [-0.39, 0.29) is 31.1 Å². The van der Waals surface area contributed by atoms with E-state index in [0.29, 0.717) is 19.3 Å². The van der Waals surface area contributed by atoms with Gasteiger partial charge < -0.3 is 14.2 Å². The largest absolute Gasteiger partial charge is 0.462 e. The van der Waals surface area contributed by atoms with E-state index in [1.807, 2.05) is 0 Å². The number of hydrogen-bond acceptors (Lipinski definition) is 6. The lowest BCUT2D eigenvalue weighted by Gasteiger charge is -2.18. The fourth-order valence-electron chi connectivity index (χ4n) is 9.88. The van der Waals surface area contributed by atoms with Crippen LogP contribution in [0.5, 0.6) is 0 Å². The molecule has 1 unspecified atom stereocenters. The Morgan fingerprint density at radius 1 is 0.259 bits per heavy atom. The third-order valence-corrected chi connectivity index (χ3v) is 15.1. The first-order valence-electron chi connectivity index (χ1n) is 34.7. The van der Waals surface area contributed by atoms with Crippen LogP contribution in [0.1, 0.15) is 342 Å². The summed E-state index contributed by atoms with van der Waals surface area (Å²) >= 11 is 0. The van der Waals surface area contributed by atoms with E-state index < -0.39 is 6.10 Å². The van der Waals surface area contributed by atoms with Gasteiger partial charge in [0.25, 0.3) is 0 Å². The molecular weight excluding hydrogens is 997 g/mol. The van der Waals surface area contributed by atoms with Crippen molar-refractivity contribution in [3.63, 3.8) is 0 Å². The van der Waals surface area contributed by atoms with Crippen molar-refractivity contribution in [1.82, 2.24) is 0 Å². The van der Waals surface area contributed by atoms with Crippen LogP contribution >= 0.6 is 0 Å². The Kier molecular flexibility index (Phi) is 65.7. The average Bonchev–Trinajstić information content (AvgIpc) is 3.47.